The van der Waals surface area contributed by atoms with E-state index in [1.807, 2.05) is 43.9 Å². The minimum absolute atomic E-state index is 0.141. The first kappa shape index (κ1) is 15.4. The second-order valence-corrected chi connectivity index (χ2v) is 7.53. The first-order chi connectivity index (χ1) is 10.3. The molecule has 3 rings (SSSR count). The number of hydrogen-bond acceptors (Lipinski definition) is 2. The van der Waals surface area contributed by atoms with Gasteiger partial charge >= 0.3 is 6.09 Å². The maximum Gasteiger partial charge on any atom is 0.411 e. The first-order valence-corrected chi connectivity index (χ1v) is 8.19. The fraction of sp³-hybridized carbons (Fsp3) is 0.500. The zero-order valence-corrected chi connectivity index (χ0v) is 14.1. The van der Waals surface area contributed by atoms with Crippen LogP contribution in [-0.4, -0.2) is 28.7 Å². The smallest absolute Gasteiger partial charge is 0.411 e. The van der Waals surface area contributed by atoms with Gasteiger partial charge in [-0.05, 0) is 63.3 Å². The average molecular weight is 320 g/mol. The van der Waals surface area contributed by atoms with E-state index in [1.54, 1.807) is 0 Å². The molecule has 2 aliphatic heterocycles. The summed E-state index contributed by atoms with van der Waals surface area (Å²) in [5, 5.41) is 0.750. The molecule has 1 fully saturated rings. The molecule has 22 heavy (non-hydrogen) atoms. The van der Waals surface area contributed by atoms with E-state index in [-0.39, 0.29) is 18.2 Å². The number of fused-ring (bicyclic) bond motifs is 2. The van der Waals surface area contributed by atoms with Crippen molar-refractivity contribution in [3.63, 3.8) is 0 Å². The standard InChI is InChI=1S/C18H22ClNO2/c1-18(2,3)22-17(21)20-15-7-8-16(20)11-13(10-15)12-5-4-6-14(19)9-12/h4-6,9-10,15-16H,7-8,11H2,1-3H3. The highest BCUT2D eigenvalue weighted by Crippen LogP contribution is 2.39. The van der Waals surface area contributed by atoms with Gasteiger partial charge in [0.2, 0.25) is 0 Å². The number of hydrogen-bond donors (Lipinski definition) is 0. The summed E-state index contributed by atoms with van der Waals surface area (Å²) in [7, 11) is 0. The topological polar surface area (TPSA) is 29.5 Å². The van der Waals surface area contributed by atoms with Gasteiger partial charge in [0.1, 0.15) is 5.60 Å². The Labute approximate surface area is 136 Å². The largest absolute Gasteiger partial charge is 0.444 e. The van der Waals surface area contributed by atoms with E-state index < -0.39 is 5.60 Å². The minimum atomic E-state index is -0.451. The van der Waals surface area contributed by atoms with Crippen LogP contribution in [0.1, 0.15) is 45.6 Å². The van der Waals surface area contributed by atoms with E-state index in [0.29, 0.717) is 0 Å². The van der Waals surface area contributed by atoms with Crippen LogP contribution in [0.25, 0.3) is 5.57 Å². The van der Waals surface area contributed by atoms with Crippen LogP contribution in [0.5, 0.6) is 0 Å². The molecule has 2 unspecified atom stereocenters. The SMILES string of the molecule is CC(C)(C)OC(=O)N1C2C=C(c3cccc(Cl)c3)CC1CC2. The van der Waals surface area contributed by atoms with Crippen molar-refractivity contribution < 1.29 is 9.53 Å². The molecule has 3 nitrogen and oxygen atoms in total. The van der Waals surface area contributed by atoms with Crippen molar-refractivity contribution in [1.82, 2.24) is 4.90 Å². The van der Waals surface area contributed by atoms with Crippen LogP contribution in [0.3, 0.4) is 0 Å². The number of ether oxygens (including phenoxy) is 1. The normalized spacial score (nSPS) is 24.2. The molecule has 0 saturated carbocycles. The van der Waals surface area contributed by atoms with Crippen LogP contribution in [0.15, 0.2) is 30.3 Å². The van der Waals surface area contributed by atoms with E-state index in [0.717, 1.165) is 29.8 Å². The number of halogens is 1. The summed E-state index contributed by atoms with van der Waals surface area (Å²) in [4.78, 5) is 14.3. The maximum atomic E-state index is 12.4. The highest BCUT2D eigenvalue weighted by molar-refractivity contribution is 6.30. The molecular formula is C18H22ClNO2. The summed E-state index contributed by atoms with van der Waals surface area (Å²) in [6.45, 7) is 5.72. The average Bonchev–Trinajstić information content (AvgIpc) is 2.68. The van der Waals surface area contributed by atoms with Crippen molar-refractivity contribution in [2.75, 3.05) is 0 Å². The fourth-order valence-electron chi connectivity index (χ4n) is 3.33. The van der Waals surface area contributed by atoms with Gasteiger partial charge in [0.05, 0.1) is 6.04 Å². The van der Waals surface area contributed by atoms with Crippen molar-refractivity contribution in [2.24, 2.45) is 0 Å². The van der Waals surface area contributed by atoms with Crippen LogP contribution in [0.4, 0.5) is 4.79 Å². The van der Waals surface area contributed by atoms with Crippen LogP contribution < -0.4 is 0 Å². The molecule has 2 heterocycles. The predicted octanol–water partition coefficient (Wildman–Crippen LogP) is 4.90. The molecule has 0 aliphatic carbocycles. The van der Waals surface area contributed by atoms with Gasteiger partial charge in [0.25, 0.3) is 0 Å². The third kappa shape index (κ3) is 3.14. The Morgan fingerprint density at radius 2 is 2.09 bits per heavy atom. The molecule has 2 bridgehead atoms. The monoisotopic (exact) mass is 319 g/mol. The first-order valence-electron chi connectivity index (χ1n) is 7.81. The molecule has 0 N–H and O–H groups in total. The Morgan fingerprint density at radius 3 is 2.73 bits per heavy atom. The number of amides is 1. The zero-order valence-electron chi connectivity index (χ0n) is 13.3. The zero-order chi connectivity index (χ0) is 15.9. The van der Waals surface area contributed by atoms with Gasteiger partial charge < -0.3 is 4.74 Å². The lowest BCUT2D eigenvalue weighted by Gasteiger charge is -2.35. The van der Waals surface area contributed by atoms with Crippen LogP contribution in [0, 0.1) is 0 Å². The summed E-state index contributed by atoms with van der Waals surface area (Å²) >= 11 is 6.09. The van der Waals surface area contributed by atoms with Gasteiger partial charge in [0.15, 0.2) is 0 Å². The Balaban J connectivity index is 1.82. The molecule has 0 radical (unpaired) electrons. The Morgan fingerprint density at radius 1 is 1.32 bits per heavy atom. The van der Waals surface area contributed by atoms with Crippen molar-refractivity contribution in [3.05, 3.63) is 40.9 Å². The number of nitrogens with zero attached hydrogens (tertiary/aromatic N) is 1. The van der Waals surface area contributed by atoms with E-state index in [1.165, 1.54) is 5.57 Å². The lowest BCUT2D eigenvalue weighted by molar-refractivity contribution is 0.0175. The molecule has 0 aromatic heterocycles. The molecule has 2 atom stereocenters. The summed E-state index contributed by atoms with van der Waals surface area (Å²) in [5.74, 6) is 0. The van der Waals surface area contributed by atoms with E-state index >= 15 is 0 Å². The number of benzene rings is 1. The van der Waals surface area contributed by atoms with Crippen LogP contribution in [0.2, 0.25) is 5.02 Å². The lowest BCUT2D eigenvalue weighted by Crippen LogP contribution is -2.45. The highest BCUT2D eigenvalue weighted by atomic mass is 35.5. The van der Waals surface area contributed by atoms with E-state index in [4.69, 9.17) is 16.3 Å². The van der Waals surface area contributed by atoms with E-state index in [9.17, 15) is 4.79 Å². The molecule has 1 saturated heterocycles. The molecule has 118 valence electrons. The summed E-state index contributed by atoms with van der Waals surface area (Å²) in [6, 6.07) is 8.31. The van der Waals surface area contributed by atoms with Crippen molar-refractivity contribution in [2.45, 2.75) is 57.7 Å². The fourth-order valence-corrected chi connectivity index (χ4v) is 3.52. The molecular weight excluding hydrogens is 298 g/mol. The van der Waals surface area contributed by atoms with Crippen molar-refractivity contribution in [1.29, 1.82) is 0 Å². The summed E-state index contributed by atoms with van der Waals surface area (Å²) in [6.07, 6.45) is 4.93. The Hall–Kier alpha value is -1.48. The van der Waals surface area contributed by atoms with Gasteiger partial charge in [-0.2, -0.15) is 0 Å². The van der Waals surface area contributed by atoms with Crippen molar-refractivity contribution >= 4 is 23.3 Å². The van der Waals surface area contributed by atoms with Crippen LogP contribution >= 0.6 is 11.6 Å². The van der Waals surface area contributed by atoms with Gasteiger partial charge in [-0.3, -0.25) is 4.90 Å². The van der Waals surface area contributed by atoms with Gasteiger partial charge in [-0.15, -0.1) is 0 Å². The number of carbonyl (C=O) groups excluding carboxylic acids is 1. The summed E-state index contributed by atoms with van der Waals surface area (Å²) in [5.41, 5.74) is 2.00. The molecule has 2 aliphatic rings. The third-order valence-corrected chi connectivity index (χ3v) is 4.43. The van der Waals surface area contributed by atoms with Gasteiger partial charge in [-0.1, -0.05) is 29.8 Å². The molecule has 1 aromatic carbocycles. The highest BCUT2D eigenvalue weighted by Gasteiger charge is 2.41. The summed E-state index contributed by atoms with van der Waals surface area (Å²) < 4.78 is 5.55. The maximum absolute atomic E-state index is 12.4. The number of rotatable bonds is 1. The second kappa shape index (κ2) is 5.62. The Bertz CT molecular complexity index is 618. The second-order valence-electron chi connectivity index (χ2n) is 7.09. The van der Waals surface area contributed by atoms with Crippen molar-refractivity contribution in [3.8, 4) is 0 Å². The molecule has 0 spiro atoms. The number of carbonyl (C=O) groups is 1. The molecule has 4 heteroatoms. The molecule has 1 aromatic rings. The van der Waals surface area contributed by atoms with Crippen LogP contribution in [-0.2, 0) is 4.74 Å². The van der Waals surface area contributed by atoms with Gasteiger partial charge in [0, 0.05) is 11.1 Å². The third-order valence-electron chi connectivity index (χ3n) is 4.20. The Kier molecular flexibility index (Phi) is 3.94. The lowest BCUT2D eigenvalue weighted by atomic mass is 9.95. The van der Waals surface area contributed by atoms with Gasteiger partial charge in [-0.25, -0.2) is 4.79 Å². The minimum Gasteiger partial charge on any atom is -0.444 e. The molecule has 1 amide bonds. The van der Waals surface area contributed by atoms with E-state index in [2.05, 4.69) is 12.1 Å². The quantitative estimate of drug-likeness (QED) is 0.737. The predicted molar refractivity (Wildman–Crippen MR) is 88.9 cm³/mol.